The molecule has 0 saturated carbocycles. The Morgan fingerprint density at radius 3 is 2.40 bits per heavy atom. The largest absolute Gasteiger partial charge is 0.239 e. The molecular weight excluding hydrogens is 468 g/mol. The lowest BCUT2D eigenvalue weighted by atomic mass is 9.85. The summed E-state index contributed by atoms with van der Waals surface area (Å²) in [6, 6.07) is 30.4. The molecule has 4 nitrogen and oxygen atoms in total. The van der Waals surface area contributed by atoms with E-state index in [1.54, 1.807) is 11.3 Å². The molecule has 0 fully saturated rings. The number of nitriles is 3. The van der Waals surface area contributed by atoms with Crippen molar-refractivity contribution in [1.29, 1.82) is 15.8 Å². The van der Waals surface area contributed by atoms with Gasteiger partial charge in [0.1, 0.15) is 28.8 Å². The number of hydrogen-bond donors (Lipinski definition) is 0. The molecule has 0 aliphatic heterocycles. The van der Waals surface area contributed by atoms with E-state index in [9.17, 15) is 15.8 Å². The van der Waals surface area contributed by atoms with Crippen molar-refractivity contribution >= 4 is 28.7 Å². The maximum absolute atomic E-state index is 10.2. The lowest BCUT2D eigenvalue weighted by molar-refractivity contribution is 0.831. The van der Waals surface area contributed by atoms with Crippen molar-refractivity contribution in [3.05, 3.63) is 100 Å². The van der Waals surface area contributed by atoms with E-state index in [1.807, 2.05) is 78.2 Å². The molecule has 6 heteroatoms. The summed E-state index contributed by atoms with van der Waals surface area (Å²) in [7, 11) is 0. The predicted molar refractivity (Wildman–Crippen MR) is 140 cm³/mol. The average Bonchev–Trinajstić information content (AvgIpc) is 3.45. The van der Waals surface area contributed by atoms with Crippen LogP contribution >= 0.6 is 23.1 Å². The summed E-state index contributed by atoms with van der Waals surface area (Å²) in [5.41, 5.74) is 6.01. The number of aryl methyl sites for hydroxylation is 1. The van der Waals surface area contributed by atoms with Gasteiger partial charge in [-0.2, -0.15) is 15.8 Å². The molecule has 4 aromatic rings. The zero-order valence-corrected chi connectivity index (χ0v) is 20.2. The van der Waals surface area contributed by atoms with Crippen LogP contribution in [-0.2, 0) is 6.42 Å². The fourth-order valence-electron chi connectivity index (χ4n) is 4.41. The number of benzene rings is 2. The van der Waals surface area contributed by atoms with Gasteiger partial charge in [-0.15, -0.1) is 11.3 Å². The summed E-state index contributed by atoms with van der Waals surface area (Å²) in [5, 5.41) is 32.2. The summed E-state index contributed by atoms with van der Waals surface area (Å²) in [6.07, 6.45) is 1.58. The topological polar surface area (TPSA) is 84.3 Å². The van der Waals surface area contributed by atoms with Gasteiger partial charge in [0.25, 0.3) is 0 Å². The summed E-state index contributed by atoms with van der Waals surface area (Å²) < 4.78 is 0. The van der Waals surface area contributed by atoms with Crippen LogP contribution in [0.4, 0.5) is 0 Å². The molecule has 0 saturated heterocycles. The second kappa shape index (κ2) is 10.00. The number of allylic oxidation sites excluding steroid dienone is 1. The molecule has 1 unspecified atom stereocenters. The second-order valence-electron chi connectivity index (χ2n) is 8.00. The van der Waals surface area contributed by atoms with Crippen molar-refractivity contribution in [1.82, 2.24) is 4.98 Å². The Labute approximate surface area is 212 Å². The molecule has 0 radical (unpaired) electrons. The normalized spacial score (nSPS) is 14.3. The van der Waals surface area contributed by atoms with Crippen LogP contribution in [0.25, 0.3) is 27.3 Å². The fourth-order valence-corrected chi connectivity index (χ4v) is 6.39. The number of thioether (sulfide) groups is 1. The van der Waals surface area contributed by atoms with E-state index >= 15 is 0 Å². The van der Waals surface area contributed by atoms with Gasteiger partial charge in [-0.3, -0.25) is 0 Å². The van der Waals surface area contributed by atoms with Crippen molar-refractivity contribution in [3.8, 4) is 39.9 Å². The van der Waals surface area contributed by atoms with Crippen LogP contribution in [0.15, 0.2) is 88.8 Å². The van der Waals surface area contributed by atoms with Gasteiger partial charge >= 0.3 is 0 Å². The third-order valence-electron chi connectivity index (χ3n) is 6.01. The Balaban J connectivity index is 1.68. The molecule has 35 heavy (non-hydrogen) atoms. The number of rotatable bonds is 4. The van der Waals surface area contributed by atoms with Gasteiger partial charge in [-0.25, -0.2) is 4.98 Å². The highest BCUT2D eigenvalue weighted by atomic mass is 32.2. The van der Waals surface area contributed by atoms with E-state index in [0.29, 0.717) is 10.6 Å². The number of fused-ring (bicyclic) bond motifs is 1. The van der Waals surface area contributed by atoms with Gasteiger partial charge in [-0.1, -0.05) is 72.4 Å². The average molecular weight is 487 g/mol. The van der Waals surface area contributed by atoms with E-state index in [0.717, 1.165) is 51.2 Å². The monoisotopic (exact) mass is 486 g/mol. The zero-order chi connectivity index (χ0) is 24.2. The van der Waals surface area contributed by atoms with E-state index in [1.165, 1.54) is 11.8 Å². The Bertz CT molecular complexity index is 1530. The summed E-state index contributed by atoms with van der Waals surface area (Å²) >= 11 is 3.08. The first kappa shape index (κ1) is 22.6. The molecule has 2 heterocycles. The Morgan fingerprint density at radius 2 is 1.69 bits per heavy atom. The molecule has 0 spiro atoms. The molecule has 5 rings (SSSR count). The van der Waals surface area contributed by atoms with E-state index in [-0.39, 0.29) is 10.8 Å². The van der Waals surface area contributed by atoms with Gasteiger partial charge in [0.2, 0.25) is 0 Å². The molecule has 2 aromatic carbocycles. The van der Waals surface area contributed by atoms with Gasteiger partial charge in [-0.05, 0) is 47.0 Å². The molecule has 1 aliphatic rings. The number of hydrogen-bond acceptors (Lipinski definition) is 6. The van der Waals surface area contributed by atoms with Crippen LogP contribution in [-0.4, -0.2) is 10.2 Å². The minimum atomic E-state index is -0.166. The number of nitrogens with zero attached hydrogens (tertiary/aromatic N) is 4. The Hall–Kier alpha value is -4.15. The third kappa shape index (κ3) is 4.36. The molecule has 0 N–H and O–H groups in total. The molecular formula is C29H18N4S2. The lowest BCUT2D eigenvalue weighted by Gasteiger charge is -2.28. The predicted octanol–water partition coefficient (Wildman–Crippen LogP) is 7.26. The van der Waals surface area contributed by atoms with Crippen molar-refractivity contribution < 1.29 is 0 Å². The third-order valence-corrected chi connectivity index (χ3v) is 8.18. The fraction of sp³-hybridized carbons (Fsp3) is 0.103. The maximum Gasteiger partial charge on any atom is 0.134 e. The summed E-state index contributed by atoms with van der Waals surface area (Å²) in [5.74, 6) is 0. The smallest absolute Gasteiger partial charge is 0.134 e. The number of aromatic nitrogens is 1. The zero-order valence-electron chi connectivity index (χ0n) is 18.6. The SMILES string of the molecule is N#CC(C#N)=C1c2ccccc2CCC1Sc1nc(-c2cccs2)cc(-c2ccccc2)c1C#N. The molecule has 1 aliphatic carbocycles. The van der Waals surface area contributed by atoms with Crippen LogP contribution in [0.1, 0.15) is 23.1 Å². The number of thiophene rings is 1. The highest BCUT2D eigenvalue weighted by molar-refractivity contribution is 8.00. The highest BCUT2D eigenvalue weighted by Gasteiger charge is 2.30. The van der Waals surface area contributed by atoms with Gasteiger partial charge in [0.15, 0.2) is 0 Å². The van der Waals surface area contributed by atoms with Crippen LogP contribution in [0.5, 0.6) is 0 Å². The molecule has 2 aromatic heterocycles. The highest BCUT2D eigenvalue weighted by Crippen LogP contribution is 2.44. The van der Waals surface area contributed by atoms with E-state index in [2.05, 4.69) is 18.2 Å². The first-order valence-electron chi connectivity index (χ1n) is 11.1. The van der Waals surface area contributed by atoms with Gasteiger partial charge in [0.05, 0.1) is 16.1 Å². The first-order valence-corrected chi connectivity index (χ1v) is 12.8. The van der Waals surface area contributed by atoms with Crippen molar-refractivity contribution in [3.63, 3.8) is 0 Å². The standard InChI is InChI=1S/C29H18N4S2/c30-16-21(17-31)28-22-10-5-4-9-20(22)12-13-27(28)35-29-24(18-32)23(19-7-2-1-3-8-19)15-25(33-29)26-11-6-14-34-26/h1-11,14-15,27H,12-13H2. The van der Waals surface area contributed by atoms with Crippen molar-refractivity contribution in [2.24, 2.45) is 0 Å². The van der Waals surface area contributed by atoms with Gasteiger partial charge in [0, 0.05) is 16.4 Å². The molecule has 0 amide bonds. The summed E-state index contributed by atoms with van der Waals surface area (Å²) in [6.45, 7) is 0. The lowest BCUT2D eigenvalue weighted by Crippen LogP contribution is -2.17. The first-order chi connectivity index (χ1) is 17.2. The maximum atomic E-state index is 10.2. The Kier molecular flexibility index (Phi) is 6.47. The minimum Gasteiger partial charge on any atom is -0.239 e. The second-order valence-corrected chi connectivity index (χ2v) is 10.1. The van der Waals surface area contributed by atoms with Crippen LogP contribution in [0.3, 0.4) is 0 Å². The van der Waals surface area contributed by atoms with E-state index < -0.39 is 0 Å². The van der Waals surface area contributed by atoms with Crippen LogP contribution in [0.2, 0.25) is 0 Å². The minimum absolute atomic E-state index is 0.117. The van der Waals surface area contributed by atoms with E-state index in [4.69, 9.17) is 4.98 Å². The molecule has 1 atom stereocenters. The van der Waals surface area contributed by atoms with Gasteiger partial charge < -0.3 is 0 Å². The van der Waals surface area contributed by atoms with Crippen molar-refractivity contribution in [2.75, 3.05) is 0 Å². The number of pyridine rings is 1. The van der Waals surface area contributed by atoms with Crippen LogP contribution in [0, 0.1) is 34.0 Å². The quantitative estimate of drug-likeness (QED) is 0.284. The molecule has 166 valence electrons. The Morgan fingerprint density at radius 1 is 0.914 bits per heavy atom. The summed E-state index contributed by atoms with van der Waals surface area (Å²) in [4.78, 5) is 5.95. The van der Waals surface area contributed by atoms with Crippen molar-refractivity contribution in [2.45, 2.75) is 23.1 Å². The molecule has 0 bridgehead atoms. The van der Waals surface area contributed by atoms with Crippen LogP contribution < -0.4 is 0 Å².